The van der Waals surface area contributed by atoms with Gasteiger partial charge in [-0.25, -0.2) is 0 Å². The third-order valence-electron chi connectivity index (χ3n) is 1.22. The van der Waals surface area contributed by atoms with Crippen LogP contribution in [-0.2, 0) is 11.4 Å². The second-order valence-corrected chi connectivity index (χ2v) is 5.89. The summed E-state index contributed by atoms with van der Waals surface area (Å²) in [6, 6.07) is 0. The van der Waals surface area contributed by atoms with E-state index >= 15 is 0 Å². The van der Waals surface area contributed by atoms with Crippen molar-refractivity contribution in [3.8, 4) is 0 Å². The van der Waals surface area contributed by atoms with Crippen molar-refractivity contribution in [3.63, 3.8) is 0 Å². The maximum atomic E-state index is 11.9. The number of rotatable bonds is 2. The number of halogens is 3. The topological polar surface area (TPSA) is 35.4 Å². The van der Waals surface area contributed by atoms with Gasteiger partial charge in [-0.2, -0.15) is 13.2 Å². The Morgan fingerprint density at radius 3 is 2.00 bits per heavy atom. The van der Waals surface area contributed by atoms with Gasteiger partial charge in [0.2, 0.25) is 0 Å². The molecule has 0 fully saturated rings. The molecule has 0 saturated heterocycles. The molecule has 0 spiro atoms. The third kappa shape index (κ3) is 6.26. The highest BCUT2D eigenvalue weighted by molar-refractivity contribution is 7.91. The van der Waals surface area contributed by atoms with Gasteiger partial charge >= 0.3 is 6.18 Å². The van der Waals surface area contributed by atoms with Gasteiger partial charge in [-0.15, -0.1) is 0 Å². The molecule has 14 heavy (non-hydrogen) atoms. The Hall–Kier alpha value is -0.230. The van der Waals surface area contributed by atoms with Crippen molar-refractivity contribution < 1.29 is 17.7 Å². The van der Waals surface area contributed by atoms with E-state index < -0.39 is 28.7 Å². The summed E-state index contributed by atoms with van der Waals surface area (Å²) in [5.74, 6) is 0. The van der Waals surface area contributed by atoms with Gasteiger partial charge in [0, 0.05) is 0 Å². The highest BCUT2D eigenvalue weighted by Gasteiger charge is 2.31. The summed E-state index contributed by atoms with van der Waals surface area (Å²) in [4.78, 5) is 0. The Bertz CT molecular complexity index is 220. The molecule has 84 valence electrons. The first-order chi connectivity index (χ1) is 6.02. The zero-order valence-electron chi connectivity index (χ0n) is 8.60. The summed E-state index contributed by atoms with van der Waals surface area (Å²) in [6.45, 7) is 6.21. The molecule has 0 bridgehead atoms. The Labute approximate surface area is 84.9 Å². The van der Waals surface area contributed by atoms with Gasteiger partial charge in [0.05, 0.1) is 12.1 Å². The quantitative estimate of drug-likeness (QED) is 0.529. The van der Waals surface area contributed by atoms with E-state index in [0.29, 0.717) is 0 Å². The maximum absolute atomic E-state index is 11.9. The van der Waals surface area contributed by atoms with E-state index in [1.54, 1.807) is 20.8 Å². The number of alkyl halides is 3. The van der Waals surface area contributed by atoms with E-state index in [-0.39, 0.29) is 5.71 Å². The molecule has 0 aliphatic rings. The molecule has 6 heteroatoms. The highest BCUT2D eigenvalue weighted by atomic mass is 32.2. The van der Waals surface area contributed by atoms with E-state index in [1.807, 2.05) is 0 Å². The first-order valence-electron chi connectivity index (χ1n) is 4.05. The van der Waals surface area contributed by atoms with Crippen LogP contribution in [0.1, 0.15) is 34.1 Å². The molecule has 0 N–H and O–H groups in total. The molecule has 0 saturated carbocycles. The third-order valence-corrected chi connectivity index (χ3v) is 2.74. The lowest BCUT2D eigenvalue weighted by atomic mass is 10.3. The summed E-state index contributed by atoms with van der Waals surface area (Å²) in [5.41, 5.74) is -0.147. The molecule has 0 aromatic heterocycles. The van der Waals surface area contributed by atoms with Crippen LogP contribution in [0.25, 0.3) is 0 Å². The van der Waals surface area contributed by atoms with E-state index in [9.17, 15) is 17.7 Å². The molecule has 0 amide bonds. The Morgan fingerprint density at radius 2 is 1.71 bits per heavy atom. The van der Waals surface area contributed by atoms with Gasteiger partial charge in [-0.3, -0.25) is 0 Å². The molecular weight excluding hydrogens is 215 g/mol. The van der Waals surface area contributed by atoms with Crippen LogP contribution in [0.3, 0.4) is 0 Å². The van der Waals surface area contributed by atoms with Crippen molar-refractivity contribution >= 4 is 17.1 Å². The normalized spacial score (nSPS) is 17.0. The van der Waals surface area contributed by atoms with Gasteiger partial charge in [0.15, 0.2) is 0 Å². The Morgan fingerprint density at radius 1 is 1.29 bits per heavy atom. The van der Waals surface area contributed by atoms with Crippen molar-refractivity contribution in [2.75, 3.05) is 0 Å². The van der Waals surface area contributed by atoms with E-state index in [4.69, 9.17) is 0 Å². The second kappa shape index (κ2) is 4.53. The van der Waals surface area contributed by atoms with Crippen LogP contribution in [0, 0.1) is 0 Å². The second-order valence-electron chi connectivity index (χ2n) is 3.98. The molecule has 1 unspecified atom stereocenters. The molecular formula is C8H14F3NOS. The van der Waals surface area contributed by atoms with Crippen LogP contribution in [0.4, 0.5) is 13.2 Å². The Balaban J connectivity index is 4.39. The average Bonchev–Trinajstić information content (AvgIpc) is 1.79. The molecule has 0 rings (SSSR count). The van der Waals surface area contributed by atoms with E-state index in [0.717, 1.165) is 0 Å². The van der Waals surface area contributed by atoms with Gasteiger partial charge in [-0.05, 0) is 27.7 Å². The van der Waals surface area contributed by atoms with Crippen LogP contribution in [0.2, 0.25) is 0 Å². The smallest absolute Gasteiger partial charge is 0.394 e. The molecule has 0 radical (unpaired) electrons. The average molecular weight is 229 g/mol. The molecule has 0 aliphatic heterocycles. The van der Waals surface area contributed by atoms with Gasteiger partial charge in [-0.1, -0.05) is 4.40 Å². The predicted octanol–water partition coefficient (Wildman–Crippen LogP) is 2.86. The number of hydrogen-bond acceptors (Lipinski definition) is 2. The summed E-state index contributed by atoms with van der Waals surface area (Å²) in [6.07, 6.45) is -5.38. The zero-order chi connectivity index (χ0) is 11.6. The van der Waals surface area contributed by atoms with Crippen molar-refractivity contribution in [1.82, 2.24) is 0 Å². The minimum Gasteiger partial charge on any atom is -0.591 e. The van der Waals surface area contributed by atoms with E-state index in [1.165, 1.54) is 6.92 Å². The Kier molecular flexibility index (Phi) is 4.45. The standard InChI is InChI=1S/C8H14F3NOS/c1-6(5-8(9,10)11)12-14(13)7(2,3)4/h5H2,1-4H3/b12-6-. The van der Waals surface area contributed by atoms with E-state index in [2.05, 4.69) is 4.40 Å². The van der Waals surface area contributed by atoms with Crippen molar-refractivity contribution in [2.45, 2.75) is 45.0 Å². The number of nitrogens with zero attached hydrogens (tertiary/aromatic N) is 1. The van der Waals surface area contributed by atoms with Gasteiger partial charge in [0.25, 0.3) is 0 Å². The van der Waals surface area contributed by atoms with Crippen LogP contribution in [0.5, 0.6) is 0 Å². The first-order valence-corrected chi connectivity index (χ1v) is 5.16. The summed E-state index contributed by atoms with van der Waals surface area (Å²) in [7, 11) is 0. The van der Waals surface area contributed by atoms with Crippen LogP contribution >= 0.6 is 0 Å². The molecule has 0 aromatic carbocycles. The van der Waals surface area contributed by atoms with Crippen LogP contribution in [-0.4, -0.2) is 21.2 Å². The number of hydrogen-bond donors (Lipinski definition) is 0. The minimum atomic E-state index is -4.28. The fourth-order valence-corrected chi connectivity index (χ4v) is 1.22. The molecule has 2 nitrogen and oxygen atoms in total. The van der Waals surface area contributed by atoms with Gasteiger partial charge < -0.3 is 4.55 Å². The molecule has 0 heterocycles. The predicted molar refractivity (Wildman–Crippen MR) is 51.7 cm³/mol. The summed E-state index contributed by atoms with van der Waals surface area (Å²) in [5, 5.41) is 0. The molecule has 0 aliphatic carbocycles. The monoisotopic (exact) mass is 229 g/mol. The lowest BCUT2D eigenvalue weighted by Gasteiger charge is -2.18. The first kappa shape index (κ1) is 13.8. The fraction of sp³-hybridized carbons (Fsp3) is 0.875. The highest BCUT2D eigenvalue weighted by Crippen LogP contribution is 2.22. The largest absolute Gasteiger partial charge is 0.591 e. The van der Waals surface area contributed by atoms with Crippen LogP contribution in [0.15, 0.2) is 4.40 Å². The van der Waals surface area contributed by atoms with Crippen molar-refractivity contribution in [2.24, 2.45) is 4.40 Å². The molecule has 0 aromatic rings. The maximum Gasteiger partial charge on any atom is 0.394 e. The lowest BCUT2D eigenvalue weighted by molar-refractivity contribution is -0.121. The van der Waals surface area contributed by atoms with Crippen molar-refractivity contribution in [3.05, 3.63) is 0 Å². The fourth-order valence-electron chi connectivity index (χ4n) is 0.601. The summed E-state index contributed by atoms with van der Waals surface area (Å²) >= 11 is -1.61. The molecule has 1 atom stereocenters. The minimum absolute atomic E-state index is 0.147. The zero-order valence-corrected chi connectivity index (χ0v) is 9.42. The summed E-state index contributed by atoms with van der Waals surface area (Å²) < 4.78 is 49.8. The van der Waals surface area contributed by atoms with Gasteiger partial charge in [0.1, 0.15) is 16.1 Å². The SMILES string of the molecule is C/C(CC(F)(F)F)=N/[S+]([O-])C(C)(C)C. The van der Waals surface area contributed by atoms with Crippen molar-refractivity contribution in [1.29, 1.82) is 0 Å². The lowest BCUT2D eigenvalue weighted by Crippen LogP contribution is -2.27. The van der Waals surface area contributed by atoms with Crippen LogP contribution < -0.4 is 0 Å².